The van der Waals surface area contributed by atoms with Crippen molar-refractivity contribution in [2.75, 3.05) is 18.4 Å². The van der Waals surface area contributed by atoms with Gasteiger partial charge >= 0.3 is 0 Å². The number of rotatable bonds is 5. The number of likely N-dealkylation sites (tertiary alicyclic amines) is 1. The second-order valence-corrected chi connectivity index (χ2v) is 7.68. The molecular formula is C23H22N6O. The van der Waals surface area contributed by atoms with E-state index in [9.17, 15) is 4.79 Å². The third kappa shape index (κ3) is 3.67. The molecule has 7 heteroatoms. The van der Waals surface area contributed by atoms with E-state index in [4.69, 9.17) is 0 Å². The predicted octanol–water partition coefficient (Wildman–Crippen LogP) is 3.79. The van der Waals surface area contributed by atoms with E-state index >= 15 is 0 Å². The van der Waals surface area contributed by atoms with Gasteiger partial charge in [-0.25, -0.2) is 0 Å². The molecule has 1 aromatic carbocycles. The van der Waals surface area contributed by atoms with Crippen LogP contribution >= 0.6 is 0 Å². The minimum absolute atomic E-state index is 0.256. The fourth-order valence-corrected chi connectivity index (χ4v) is 3.71. The molecule has 1 aliphatic heterocycles. The summed E-state index contributed by atoms with van der Waals surface area (Å²) in [5.41, 5.74) is 5.97. The van der Waals surface area contributed by atoms with Crippen molar-refractivity contribution in [2.24, 2.45) is 0 Å². The molecule has 1 saturated heterocycles. The van der Waals surface area contributed by atoms with Crippen LogP contribution in [0.5, 0.6) is 0 Å². The first-order valence-corrected chi connectivity index (χ1v) is 10.0. The Bertz CT molecular complexity index is 1230. The van der Waals surface area contributed by atoms with Gasteiger partial charge < -0.3 is 5.32 Å². The van der Waals surface area contributed by atoms with Gasteiger partial charge in [0.15, 0.2) is 5.69 Å². The van der Waals surface area contributed by atoms with Gasteiger partial charge in [-0.05, 0) is 67.9 Å². The Morgan fingerprint density at radius 3 is 2.83 bits per heavy atom. The highest BCUT2D eigenvalue weighted by Gasteiger charge is 2.17. The number of hydrogen-bond acceptors (Lipinski definition) is 5. The molecule has 0 radical (unpaired) electrons. The quantitative estimate of drug-likeness (QED) is 0.534. The second kappa shape index (κ2) is 7.68. The first kappa shape index (κ1) is 18.4. The Kier molecular flexibility index (Phi) is 4.72. The van der Waals surface area contributed by atoms with E-state index in [-0.39, 0.29) is 5.91 Å². The largest absolute Gasteiger partial charge is 0.320 e. The number of pyridine rings is 2. The van der Waals surface area contributed by atoms with Gasteiger partial charge in [0.25, 0.3) is 5.91 Å². The first-order chi connectivity index (χ1) is 14.7. The van der Waals surface area contributed by atoms with Gasteiger partial charge in [0.1, 0.15) is 0 Å². The number of carbonyl (C=O) groups is 1. The number of aromatic nitrogens is 4. The fourth-order valence-electron chi connectivity index (χ4n) is 3.71. The van der Waals surface area contributed by atoms with E-state index < -0.39 is 0 Å². The van der Waals surface area contributed by atoms with Crippen molar-refractivity contribution in [3.8, 4) is 11.1 Å². The van der Waals surface area contributed by atoms with Crippen LogP contribution in [0.4, 0.5) is 5.69 Å². The normalized spacial score (nSPS) is 13.9. The van der Waals surface area contributed by atoms with Crippen LogP contribution in [0.2, 0.25) is 0 Å². The Balaban J connectivity index is 1.44. The molecule has 2 N–H and O–H groups in total. The molecule has 0 atom stereocenters. The molecule has 4 heterocycles. The van der Waals surface area contributed by atoms with Crippen molar-refractivity contribution in [1.82, 2.24) is 25.1 Å². The lowest BCUT2D eigenvalue weighted by atomic mass is 10.0. The standard InChI is InChI=1S/C23H22N6O/c1-15-9-19(5-6-25-15)26-23(30)22-20-11-17(3-4-21(20)27-28-22)18-10-16(12-24-13-18)14-29-7-2-8-29/h3-6,9-13H,2,7-8,14H2,1H3,(H,27,28)(H,25,26,30). The molecular weight excluding hydrogens is 376 g/mol. The van der Waals surface area contributed by atoms with Crippen molar-refractivity contribution < 1.29 is 4.79 Å². The molecule has 1 amide bonds. The Morgan fingerprint density at radius 2 is 2.03 bits per heavy atom. The summed E-state index contributed by atoms with van der Waals surface area (Å²) in [4.78, 5) is 23.8. The minimum atomic E-state index is -0.256. The number of fused-ring (bicyclic) bond motifs is 1. The van der Waals surface area contributed by atoms with E-state index in [0.717, 1.165) is 47.4 Å². The van der Waals surface area contributed by atoms with Gasteiger partial charge in [-0.2, -0.15) is 5.10 Å². The molecule has 0 aliphatic carbocycles. The first-order valence-electron chi connectivity index (χ1n) is 10.0. The lowest BCUT2D eigenvalue weighted by Gasteiger charge is -2.30. The van der Waals surface area contributed by atoms with Gasteiger partial charge in [-0.15, -0.1) is 0 Å². The number of nitrogens with zero attached hydrogens (tertiary/aromatic N) is 4. The summed E-state index contributed by atoms with van der Waals surface area (Å²) in [7, 11) is 0. The highest BCUT2D eigenvalue weighted by atomic mass is 16.1. The van der Waals surface area contributed by atoms with Crippen molar-refractivity contribution in [1.29, 1.82) is 0 Å². The van der Waals surface area contributed by atoms with Crippen LogP contribution in [-0.2, 0) is 6.54 Å². The van der Waals surface area contributed by atoms with Crippen LogP contribution in [0.25, 0.3) is 22.0 Å². The molecule has 7 nitrogen and oxygen atoms in total. The maximum Gasteiger partial charge on any atom is 0.276 e. The van der Waals surface area contributed by atoms with Gasteiger partial charge in [0.2, 0.25) is 0 Å². The Labute approximate surface area is 174 Å². The third-order valence-corrected chi connectivity index (χ3v) is 5.42. The van der Waals surface area contributed by atoms with Crippen LogP contribution < -0.4 is 5.32 Å². The van der Waals surface area contributed by atoms with Crippen LogP contribution in [0.1, 0.15) is 28.2 Å². The summed E-state index contributed by atoms with van der Waals surface area (Å²) >= 11 is 0. The average Bonchev–Trinajstić information content (AvgIpc) is 3.14. The summed E-state index contributed by atoms with van der Waals surface area (Å²) in [6.45, 7) is 5.12. The van der Waals surface area contributed by atoms with Crippen molar-refractivity contribution >= 4 is 22.5 Å². The van der Waals surface area contributed by atoms with Crippen LogP contribution in [-0.4, -0.2) is 44.1 Å². The molecule has 1 aliphatic rings. The molecule has 4 aromatic rings. The smallest absolute Gasteiger partial charge is 0.276 e. The zero-order valence-corrected chi connectivity index (χ0v) is 16.7. The average molecular weight is 398 g/mol. The van der Waals surface area contributed by atoms with Gasteiger partial charge in [0.05, 0.1) is 5.52 Å². The molecule has 5 rings (SSSR count). The van der Waals surface area contributed by atoms with E-state index in [2.05, 4.69) is 36.4 Å². The third-order valence-electron chi connectivity index (χ3n) is 5.42. The zero-order valence-electron chi connectivity index (χ0n) is 16.7. The number of benzene rings is 1. The van der Waals surface area contributed by atoms with Gasteiger partial charge in [0, 0.05) is 47.5 Å². The summed E-state index contributed by atoms with van der Waals surface area (Å²) in [6.07, 6.45) is 6.73. The van der Waals surface area contributed by atoms with E-state index in [1.54, 1.807) is 12.3 Å². The van der Waals surface area contributed by atoms with Crippen molar-refractivity contribution in [3.63, 3.8) is 0 Å². The summed E-state index contributed by atoms with van der Waals surface area (Å²) < 4.78 is 0. The number of nitrogens with one attached hydrogen (secondary N) is 2. The summed E-state index contributed by atoms with van der Waals surface area (Å²) in [5, 5.41) is 10.9. The predicted molar refractivity (Wildman–Crippen MR) is 116 cm³/mol. The van der Waals surface area contributed by atoms with E-state index in [1.807, 2.05) is 43.6 Å². The molecule has 30 heavy (non-hydrogen) atoms. The second-order valence-electron chi connectivity index (χ2n) is 7.68. The topological polar surface area (TPSA) is 86.8 Å². The maximum atomic E-state index is 12.8. The lowest BCUT2D eigenvalue weighted by molar-refractivity contribution is 0.102. The zero-order chi connectivity index (χ0) is 20.5. The highest BCUT2D eigenvalue weighted by Crippen LogP contribution is 2.26. The van der Waals surface area contributed by atoms with E-state index in [1.165, 1.54) is 12.0 Å². The number of H-pyrrole nitrogens is 1. The van der Waals surface area contributed by atoms with Gasteiger partial charge in [-0.1, -0.05) is 6.07 Å². The maximum absolute atomic E-state index is 12.8. The van der Waals surface area contributed by atoms with Crippen molar-refractivity contribution in [3.05, 3.63) is 71.9 Å². The number of anilines is 1. The summed E-state index contributed by atoms with van der Waals surface area (Å²) in [6, 6.07) is 11.7. The van der Waals surface area contributed by atoms with Crippen molar-refractivity contribution in [2.45, 2.75) is 19.9 Å². The lowest BCUT2D eigenvalue weighted by Crippen LogP contribution is -2.36. The summed E-state index contributed by atoms with van der Waals surface area (Å²) in [5.74, 6) is -0.256. The monoisotopic (exact) mass is 398 g/mol. The van der Waals surface area contributed by atoms with Crippen LogP contribution in [0.15, 0.2) is 55.0 Å². The molecule has 1 fully saturated rings. The SMILES string of the molecule is Cc1cc(NC(=O)c2n[nH]c3ccc(-c4cncc(CN5CCC5)c4)cc23)ccn1. The number of hydrogen-bond donors (Lipinski definition) is 2. The molecule has 150 valence electrons. The van der Waals surface area contributed by atoms with E-state index in [0.29, 0.717) is 11.4 Å². The molecule has 0 spiro atoms. The molecule has 0 unspecified atom stereocenters. The number of amides is 1. The molecule has 0 saturated carbocycles. The minimum Gasteiger partial charge on any atom is -0.320 e. The molecule has 3 aromatic heterocycles. The van der Waals surface area contributed by atoms with Gasteiger partial charge in [-0.3, -0.25) is 24.8 Å². The Morgan fingerprint density at radius 1 is 1.13 bits per heavy atom. The number of carbonyl (C=O) groups excluding carboxylic acids is 1. The number of aryl methyl sites for hydroxylation is 1. The molecule has 0 bridgehead atoms. The van der Waals surface area contributed by atoms with Crippen LogP contribution in [0, 0.1) is 6.92 Å². The Hall–Kier alpha value is -3.58. The fraction of sp³-hybridized carbons (Fsp3) is 0.217. The highest BCUT2D eigenvalue weighted by molar-refractivity contribution is 6.11. The van der Waals surface area contributed by atoms with Crippen LogP contribution in [0.3, 0.4) is 0 Å². The number of aromatic amines is 1.